The van der Waals surface area contributed by atoms with Crippen LogP contribution in [0.5, 0.6) is 5.75 Å². The van der Waals surface area contributed by atoms with Gasteiger partial charge in [0.25, 0.3) is 0 Å². The van der Waals surface area contributed by atoms with Crippen LogP contribution < -0.4 is 10.2 Å². The van der Waals surface area contributed by atoms with Gasteiger partial charge in [-0.25, -0.2) is 4.39 Å². The van der Waals surface area contributed by atoms with Gasteiger partial charge in [0.05, 0.1) is 6.20 Å². The van der Waals surface area contributed by atoms with E-state index in [0.717, 1.165) is 6.07 Å². The molecule has 0 unspecified atom stereocenters. The van der Waals surface area contributed by atoms with Crippen LogP contribution in [0, 0.1) is 5.82 Å². The summed E-state index contributed by atoms with van der Waals surface area (Å²) in [4.78, 5) is 0. The van der Waals surface area contributed by atoms with Crippen LogP contribution in [0.25, 0.3) is 0 Å². The van der Waals surface area contributed by atoms with Crippen LogP contribution >= 0.6 is 0 Å². The van der Waals surface area contributed by atoms with Crippen LogP contribution in [0.2, 0.25) is 0 Å². The lowest BCUT2D eigenvalue weighted by Gasteiger charge is -2.06. The van der Waals surface area contributed by atoms with Gasteiger partial charge in [0, 0.05) is 17.6 Å². The van der Waals surface area contributed by atoms with Crippen molar-refractivity contribution >= 4 is 12.6 Å². The van der Waals surface area contributed by atoms with E-state index in [1.807, 2.05) is 0 Å². The van der Waals surface area contributed by atoms with Crippen LogP contribution in [-0.2, 0) is 6.61 Å². The van der Waals surface area contributed by atoms with Crippen molar-refractivity contribution in [2.75, 3.05) is 0 Å². The average molecular weight is 237 g/mol. The first-order valence-corrected chi connectivity index (χ1v) is 4.85. The van der Waals surface area contributed by atoms with Gasteiger partial charge in [0.2, 0.25) is 0 Å². The largest absolute Gasteiger partial charge is 0.491 e. The molecule has 0 amide bonds. The van der Waals surface area contributed by atoms with E-state index < -0.39 is 12.9 Å². The first-order chi connectivity index (χ1) is 8.16. The molecule has 1 aromatic heterocycles. The molecule has 0 atom stereocenters. The van der Waals surface area contributed by atoms with Gasteiger partial charge in [-0.15, -0.1) is 0 Å². The van der Waals surface area contributed by atoms with Gasteiger partial charge in [-0.1, -0.05) is 11.2 Å². The summed E-state index contributed by atoms with van der Waals surface area (Å²) in [5.74, 6) is 0.0371. The lowest BCUT2D eigenvalue weighted by Crippen LogP contribution is -2.32. The van der Waals surface area contributed by atoms with E-state index in [1.54, 1.807) is 6.07 Å². The van der Waals surface area contributed by atoms with Crippen LogP contribution in [0.3, 0.4) is 0 Å². The molecule has 0 bridgehead atoms. The normalized spacial score (nSPS) is 10.3. The fourth-order valence-electron chi connectivity index (χ4n) is 1.28. The number of hydrogen-bond acceptors (Lipinski definition) is 5. The fourth-order valence-corrected chi connectivity index (χ4v) is 1.28. The molecule has 0 aliphatic carbocycles. The molecule has 1 heterocycles. The molecule has 0 aliphatic heterocycles. The van der Waals surface area contributed by atoms with Gasteiger partial charge < -0.3 is 19.3 Å². The van der Waals surface area contributed by atoms with E-state index in [2.05, 4.69) is 5.16 Å². The molecule has 7 heteroatoms. The Bertz CT molecular complexity index is 489. The van der Waals surface area contributed by atoms with Crippen LogP contribution in [0.4, 0.5) is 4.39 Å². The van der Waals surface area contributed by atoms with Crippen molar-refractivity contribution in [1.82, 2.24) is 5.16 Å². The second-order valence-corrected chi connectivity index (χ2v) is 3.32. The number of rotatable bonds is 4. The molecule has 0 radical (unpaired) electrons. The van der Waals surface area contributed by atoms with Gasteiger partial charge >= 0.3 is 7.12 Å². The minimum absolute atomic E-state index is 0.125. The van der Waals surface area contributed by atoms with E-state index in [1.165, 1.54) is 18.3 Å². The zero-order chi connectivity index (χ0) is 12.3. The summed E-state index contributed by atoms with van der Waals surface area (Å²) < 4.78 is 23.4. The summed E-state index contributed by atoms with van der Waals surface area (Å²) in [5.41, 5.74) is -0.197. The van der Waals surface area contributed by atoms with Crippen LogP contribution in [-0.4, -0.2) is 22.3 Å². The Hall–Kier alpha value is -1.86. The van der Waals surface area contributed by atoms with E-state index in [9.17, 15) is 4.39 Å². The van der Waals surface area contributed by atoms with Crippen molar-refractivity contribution in [2.24, 2.45) is 0 Å². The average Bonchev–Trinajstić information content (AvgIpc) is 2.78. The van der Waals surface area contributed by atoms with Gasteiger partial charge in [0.15, 0.2) is 5.76 Å². The number of halogens is 1. The topological polar surface area (TPSA) is 75.7 Å². The van der Waals surface area contributed by atoms with Crippen molar-refractivity contribution in [3.63, 3.8) is 0 Å². The number of benzene rings is 1. The maximum absolute atomic E-state index is 13.3. The molecular weight excluding hydrogens is 228 g/mol. The minimum Gasteiger partial charge on any atom is -0.485 e. The highest BCUT2D eigenvalue weighted by molar-refractivity contribution is 6.58. The van der Waals surface area contributed by atoms with Crippen molar-refractivity contribution < 1.29 is 23.7 Å². The van der Waals surface area contributed by atoms with E-state index in [0.29, 0.717) is 5.76 Å². The summed E-state index contributed by atoms with van der Waals surface area (Å²) >= 11 is 0. The lowest BCUT2D eigenvalue weighted by molar-refractivity contribution is 0.248. The smallest absolute Gasteiger partial charge is 0.485 e. The first kappa shape index (κ1) is 11.6. The zero-order valence-corrected chi connectivity index (χ0v) is 8.71. The maximum atomic E-state index is 13.3. The van der Waals surface area contributed by atoms with Gasteiger partial charge in [-0.2, -0.15) is 0 Å². The molecule has 0 fully saturated rings. The highest BCUT2D eigenvalue weighted by Gasteiger charge is 2.16. The fraction of sp³-hybridized carbons (Fsp3) is 0.100. The van der Waals surface area contributed by atoms with Gasteiger partial charge in [-0.05, 0) is 6.07 Å². The van der Waals surface area contributed by atoms with Gasteiger partial charge in [0.1, 0.15) is 18.2 Å². The third-order valence-electron chi connectivity index (χ3n) is 2.12. The second kappa shape index (κ2) is 4.98. The molecule has 2 aromatic rings. The molecule has 2 N–H and O–H groups in total. The highest BCUT2D eigenvalue weighted by atomic mass is 19.1. The number of aromatic nitrogens is 1. The van der Waals surface area contributed by atoms with E-state index in [-0.39, 0.29) is 17.8 Å². The van der Waals surface area contributed by atoms with Crippen molar-refractivity contribution in [2.45, 2.75) is 6.61 Å². The summed E-state index contributed by atoms with van der Waals surface area (Å²) in [6.07, 6.45) is 1.48. The minimum atomic E-state index is -1.83. The Morgan fingerprint density at radius 1 is 1.35 bits per heavy atom. The van der Waals surface area contributed by atoms with Crippen molar-refractivity contribution in [3.05, 3.63) is 42.0 Å². The summed E-state index contributed by atoms with van der Waals surface area (Å²) in [5, 5.41) is 21.1. The summed E-state index contributed by atoms with van der Waals surface area (Å²) in [6.45, 7) is 0.125. The Kier molecular flexibility index (Phi) is 3.41. The standard InChI is InChI=1S/C10H9BFNO4/c12-10-5-7(1-2-9(10)11(14)15)16-6-8-3-4-13-17-8/h1-5,14-15H,6H2. The van der Waals surface area contributed by atoms with Gasteiger partial charge in [-0.3, -0.25) is 0 Å². The first-order valence-electron chi connectivity index (χ1n) is 4.85. The molecule has 1 aromatic carbocycles. The lowest BCUT2D eigenvalue weighted by atomic mass is 9.80. The molecular formula is C10H9BFNO4. The van der Waals surface area contributed by atoms with Crippen molar-refractivity contribution in [1.29, 1.82) is 0 Å². The second-order valence-electron chi connectivity index (χ2n) is 3.32. The highest BCUT2D eigenvalue weighted by Crippen LogP contribution is 2.13. The number of ether oxygens (including phenoxy) is 1. The molecule has 2 rings (SSSR count). The number of hydrogen-bond donors (Lipinski definition) is 2. The van der Waals surface area contributed by atoms with Crippen molar-refractivity contribution in [3.8, 4) is 5.75 Å². The Morgan fingerprint density at radius 2 is 2.18 bits per heavy atom. The third-order valence-corrected chi connectivity index (χ3v) is 2.12. The Morgan fingerprint density at radius 3 is 2.76 bits per heavy atom. The van der Waals surface area contributed by atoms with E-state index in [4.69, 9.17) is 19.3 Å². The molecule has 88 valence electrons. The molecule has 0 aliphatic rings. The monoisotopic (exact) mass is 237 g/mol. The molecule has 0 spiro atoms. The maximum Gasteiger partial charge on any atom is 0.491 e. The Balaban J connectivity index is 2.05. The number of nitrogens with zero attached hydrogens (tertiary/aromatic N) is 1. The molecule has 0 saturated carbocycles. The summed E-state index contributed by atoms with van der Waals surface area (Å²) in [7, 11) is -1.83. The predicted octanol–water partition coefficient (Wildman–Crippen LogP) is 0.0725. The third kappa shape index (κ3) is 2.83. The predicted molar refractivity (Wildman–Crippen MR) is 57.1 cm³/mol. The van der Waals surface area contributed by atoms with Crippen LogP contribution in [0.1, 0.15) is 5.76 Å². The Labute approximate surface area is 96.6 Å². The van der Waals surface area contributed by atoms with Crippen LogP contribution in [0.15, 0.2) is 35.0 Å². The quantitative estimate of drug-likeness (QED) is 0.736. The molecule has 17 heavy (non-hydrogen) atoms. The van der Waals surface area contributed by atoms with E-state index >= 15 is 0 Å². The zero-order valence-electron chi connectivity index (χ0n) is 8.71. The summed E-state index contributed by atoms with van der Waals surface area (Å²) in [6, 6.07) is 5.39. The SMILES string of the molecule is OB(O)c1ccc(OCc2ccno2)cc1F. The molecule has 0 saturated heterocycles. The molecule has 5 nitrogen and oxygen atoms in total.